The number of rotatable bonds is 1. The number of carbonyl (C=O) groups excluding carboxylic acids is 1. The summed E-state index contributed by atoms with van der Waals surface area (Å²) < 4.78 is 9.88. The van der Waals surface area contributed by atoms with Gasteiger partial charge in [0.05, 0.1) is 7.11 Å². The van der Waals surface area contributed by atoms with Crippen LogP contribution in [0.5, 0.6) is 0 Å². The van der Waals surface area contributed by atoms with Crippen LogP contribution in [0.25, 0.3) is 11.0 Å². The highest BCUT2D eigenvalue weighted by atomic mass is 16.5. The molecule has 0 fully saturated rings. The van der Waals surface area contributed by atoms with Crippen LogP contribution in [-0.4, -0.2) is 13.1 Å². The van der Waals surface area contributed by atoms with Crippen LogP contribution < -0.4 is 5.63 Å². The molecule has 0 aliphatic rings. The number of esters is 1. The van der Waals surface area contributed by atoms with Gasteiger partial charge in [0.25, 0.3) is 0 Å². The Labute approximate surface area is 111 Å². The molecule has 2 rings (SSSR count). The van der Waals surface area contributed by atoms with Crippen LogP contribution in [0.3, 0.4) is 0 Å². The lowest BCUT2D eigenvalue weighted by Gasteiger charge is -2.19. The summed E-state index contributed by atoms with van der Waals surface area (Å²) >= 11 is 0. The molecule has 2 aromatic rings. The second-order valence-corrected chi connectivity index (χ2v) is 5.41. The SMILES string of the molecule is COC(=O)c1cc2cccc(C(C)(C)C)c2oc1=O. The van der Waals surface area contributed by atoms with Crippen LogP contribution in [0, 0.1) is 0 Å². The minimum atomic E-state index is -0.684. The van der Waals surface area contributed by atoms with Crippen molar-refractivity contribution in [2.45, 2.75) is 26.2 Å². The van der Waals surface area contributed by atoms with Gasteiger partial charge in [0.15, 0.2) is 0 Å². The van der Waals surface area contributed by atoms with Gasteiger partial charge in [0.1, 0.15) is 11.1 Å². The summed E-state index contributed by atoms with van der Waals surface area (Å²) in [5, 5.41) is 0.715. The first-order chi connectivity index (χ1) is 8.84. The van der Waals surface area contributed by atoms with Crippen LogP contribution in [-0.2, 0) is 10.2 Å². The van der Waals surface area contributed by atoms with Gasteiger partial charge >= 0.3 is 11.6 Å². The third-order valence-electron chi connectivity index (χ3n) is 2.97. The summed E-state index contributed by atoms with van der Waals surface area (Å²) in [5.74, 6) is -0.684. The molecular formula is C15H16O4. The second-order valence-electron chi connectivity index (χ2n) is 5.41. The lowest BCUT2D eigenvalue weighted by atomic mass is 9.86. The Kier molecular flexibility index (Phi) is 3.18. The van der Waals surface area contributed by atoms with E-state index in [0.29, 0.717) is 11.0 Å². The standard InChI is InChI=1S/C15H16O4/c1-15(2,3)11-7-5-6-9-8-10(13(16)18-4)14(17)19-12(9)11/h5-8H,1-4H3. The van der Waals surface area contributed by atoms with Gasteiger partial charge in [-0.2, -0.15) is 0 Å². The molecule has 0 bridgehead atoms. The predicted octanol–water partition coefficient (Wildman–Crippen LogP) is 2.88. The summed E-state index contributed by atoms with van der Waals surface area (Å²) in [5.41, 5.74) is 0.547. The highest BCUT2D eigenvalue weighted by Gasteiger charge is 2.21. The maximum atomic E-state index is 11.8. The Morgan fingerprint density at radius 1 is 1.26 bits per heavy atom. The lowest BCUT2D eigenvalue weighted by Crippen LogP contribution is -2.17. The van der Waals surface area contributed by atoms with Crippen LogP contribution in [0.2, 0.25) is 0 Å². The van der Waals surface area contributed by atoms with Gasteiger partial charge in [0.2, 0.25) is 0 Å². The molecule has 19 heavy (non-hydrogen) atoms. The Morgan fingerprint density at radius 2 is 1.95 bits per heavy atom. The van der Waals surface area contributed by atoms with E-state index in [1.165, 1.54) is 13.2 Å². The van der Waals surface area contributed by atoms with Gasteiger partial charge in [-0.1, -0.05) is 39.0 Å². The number of carbonyl (C=O) groups is 1. The fraction of sp³-hybridized carbons (Fsp3) is 0.333. The molecule has 0 radical (unpaired) electrons. The summed E-state index contributed by atoms with van der Waals surface area (Å²) in [7, 11) is 1.23. The van der Waals surface area contributed by atoms with Crippen molar-refractivity contribution >= 4 is 16.9 Å². The van der Waals surface area contributed by atoms with Crippen molar-refractivity contribution in [2.24, 2.45) is 0 Å². The molecule has 4 heteroatoms. The largest absolute Gasteiger partial charge is 0.465 e. The summed E-state index contributed by atoms with van der Waals surface area (Å²) in [6, 6.07) is 7.12. The molecule has 0 aliphatic carbocycles. The zero-order chi connectivity index (χ0) is 14.2. The van der Waals surface area contributed by atoms with E-state index in [4.69, 9.17) is 4.42 Å². The van der Waals surface area contributed by atoms with Crippen molar-refractivity contribution in [3.63, 3.8) is 0 Å². The molecule has 0 atom stereocenters. The first kappa shape index (κ1) is 13.3. The van der Waals surface area contributed by atoms with E-state index >= 15 is 0 Å². The van der Waals surface area contributed by atoms with Crippen LogP contribution >= 0.6 is 0 Å². The summed E-state index contributed by atoms with van der Waals surface area (Å²) in [6.45, 7) is 6.11. The van der Waals surface area contributed by atoms with Gasteiger partial charge in [-0.15, -0.1) is 0 Å². The van der Waals surface area contributed by atoms with E-state index in [2.05, 4.69) is 4.74 Å². The highest BCUT2D eigenvalue weighted by Crippen LogP contribution is 2.29. The number of ether oxygens (including phenoxy) is 1. The van der Waals surface area contributed by atoms with E-state index < -0.39 is 11.6 Å². The average molecular weight is 260 g/mol. The number of methoxy groups -OCH3 is 1. The van der Waals surface area contributed by atoms with E-state index in [-0.39, 0.29) is 11.0 Å². The predicted molar refractivity (Wildman–Crippen MR) is 72.5 cm³/mol. The topological polar surface area (TPSA) is 56.5 Å². The molecule has 0 amide bonds. The number of benzene rings is 1. The van der Waals surface area contributed by atoms with Gasteiger partial charge < -0.3 is 9.15 Å². The summed E-state index contributed by atoms with van der Waals surface area (Å²) in [4.78, 5) is 23.3. The number of hydrogen-bond acceptors (Lipinski definition) is 4. The van der Waals surface area contributed by atoms with Crippen LogP contribution in [0.15, 0.2) is 33.5 Å². The van der Waals surface area contributed by atoms with E-state index in [1.807, 2.05) is 32.9 Å². The van der Waals surface area contributed by atoms with Crippen LogP contribution in [0.1, 0.15) is 36.7 Å². The molecule has 0 spiro atoms. The van der Waals surface area contributed by atoms with Crippen molar-refractivity contribution in [1.29, 1.82) is 0 Å². The Morgan fingerprint density at radius 3 is 2.53 bits per heavy atom. The molecule has 0 aliphatic heterocycles. The van der Waals surface area contributed by atoms with E-state index in [9.17, 15) is 9.59 Å². The van der Waals surface area contributed by atoms with Gasteiger partial charge in [0, 0.05) is 10.9 Å². The molecule has 1 aromatic carbocycles. The molecule has 0 saturated heterocycles. The normalized spacial score (nSPS) is 11.6. The molecular weight excluding hydrogens is 244 g/mol. The van der Waals surface area contributed by atoms with E-state index in [1.54, 1.807) is 6.07 Å². The smallest absolute Gasteiger partial charge is 0.351 e. The molecule has 1 aromatic heterocycles. The van der Waals surface area contributed by atoms with Gasteiger partial charge in [-0.25, -0.2) is 9.59 Å². The molecule has 0 saturated carbocycles. The monoisotopic (exact) mass is 260 g/mol. The fourth-order valence-corrected chi connectivity index (χ4v) is 1.99. The van der Waals surface area contributed by atoms with Crippen molar-refractivity contribution in [3.05, 3.63) is 45.8 Å². The number of fused-ring (bicyclic) bond motifs is 1. The quantitative estimate of drug-likeness (QED) is 0.584. The van der Waals surface area contributed by atoms with Crippen molar-refractivity contribution < 1.29 is 13.9 Å². The molecule has 100 valence electrons. The maximum absolute atomic E-state index is 11.8. The zero-order valence-corrected chi connectivity index (χ0v) is 11.4. The van der Waals surface area contributed by atoms with Crippen molar-refractivity contribution in [3.8, 4) is 0 Å². The fourth-order valence-electron chi connectivity index (χ4n) is 1.99. The highest BCUT2D eigenvalue weighted by molar-refractivity contribution is 5.93. The first-order valence-electron chi connectivity index (χ1n) is 6.00. The minimum absolute atomic E-state index is 0.0824. The van der Waals surface area contributed by atoms with E-state index in [0.717, 1.165) is 5.56 Å². The number of para-hydroxylation sites is 1. The first-order valence-corrected chi connectivity index (χ1v) is 6.00. The summed E-state index contributed by atoms with van der Waals surface area (Å²) in [6.07, 6.45) is 0. The average Bonchev–Trinajstić information content (AvgIpc) is 2.35. The van der Waals surface area contributed by atoms with Gasteiger partial charge in [-0.3, -0.25) is 0 Å². The molecule has 4 nitrogen and oxygen atoms in total. The minimum Gasteiger partial charge on any atom is -0.465 e. The van der Waals surface area contributed by atoms with Crippen LogP contribution in [0.4, 0.5) is 0 Å². The Balaban J connectivity index is 2.78. The third-order valence-corrected chi connectivity index (χ3v) is 2.97. The molecule has 0 N–H and O–H groups in total. The second kappa shape index (κ2) is 4.53. The van der Waals surface area contributed by atoms with Crippen molar-refractivity contribution in [1.82, 2.24) is 0 Å². The lowest BCUT2D eigenvalue weighted by molar-refractivity contribution is 0.0596. The molecule has 0 unspecified atom stereocenters. The third kappa shape index (κ3) is 2.38. The number of hydrogen-bond donors (Lipinski definition) is 0. The van der Waals surface area contributed by atoms with Crippen molar-refractivity contribution in [2.75, 3.05) is 7.11 Å². The Hall–Kier alpha value is -2.10. The van der Waals surface area contributed by atoms with Gasteiger partial charge in [-0.05, 0) is 11.5 Å². The molecule has 1 heterocycles. The zero-order valence-electron chi connectivity index (χ0n) is 11.4. The Bertz CT molecular complexity index is 689. The maximum Gasteiger partial charge on any atom is 0.351 e.